The van der Waals surface area contributed by atoms with Gasteiger partial charge in [-0.3, -0.25) is 0 Å². The van der Waals surface area contributed by atoms with Crippen molar-refractivity contribution in [3.63, 3.8) is 0 Å². The number of hydrogen-bond donors (Lipinski definition) is 2. The molecule has 10 heteroatoms. The maximum absolute atomic E-state index is 12.1. The monoisotopic (exact) mass is 374 g/mol. The molecule has 2 aromatic rings. The van der Waals surface area contributed by atoms with Gasteiger partial charge in [0.05, 0.1) is 17.0 Å². The summed E-state index contributed by atoms with van der Waals surface area (Å²) < 4.78 is 28.5. The highest BCUT2D eigenvalue weighted by Gasteiger charge is 2.18. The van der Waals surface area contributed by atoms with E-state index in [2.05, 4.69) is 30.8 Å². The van der Waals surface area contributed by atoms with Gasteiger partial charge in [-0.15, -0.1) is 10.2 Å². The van der Waals surface area contributed by atoms with Crippen molar-refractivity contribution in [2.24, 2.45) is 7.05 Å². The second-order valence-electron chi connectivity index (χ2n) is 4.13. The molecular weight excluding hydrogens is 364 g/mol. The molecule has 0 fully saturated rings. The smallest absolute Gasteiger partial charge is 0.336 e. The Morgan fingerprint density at radius 3 is 2.76 bits per heavy atom. The van der Waals surface area contributed by atoms with E-state index in [1.807, 2.05) is 0 Å². The van der Waals surface area contributed by atoms with Gasteiger partial charge in [0.1, 0.15) is 12.2 Å². The number of aromatic carboxylic acids is 1. The zero-order valence-electron chi connectivity index (χ0n) is 10.8. The molecule has 1 aromatic carbocycles. The van der Waals surface area contributed by atoms with Crippen LogP contribution in [0.1, 0.15) is 16.2 Å². The van der Waals surface area contributed by atoms with E-state index in [0.29, 0.717) is 10.3 Å². The minimum Gasteiger partial charge on any atom is -0.478 e. The Morgan fingerprint density at radius 2 is 2.19 bits per heavy atom. The molecule has 0 radical (unpaired) electrons. The summed E-state index contributed by atoms with van der Waals surface area (Å²) in [6.45, 7) is -0.0443. The second kappa shape index (κ2) is 5.92. The van der Waals surface area contributed by atoms with Crippen molar-refractivity contribution in [2.45, 2.75) is 11.4 Å². The molecule has 0 aliphatic rings. The van der Waals surface area contributed by atoms with Crippen LogP contribution in [0.15, 0.2) is 33.9 Å². The third-order valence-corrected chi connectivity index (χ3v) is 4.79. The molecule has 0 atom stereocenters. The summed E-state index contributed by atoms with van der Waals surface area (Å²) in [7, 11) is -2.15. The maximum atomic E-state index is 12.1. The Morgan fingerprint density at radius 1 is 1.48 bits per heavy atom. The quantitative estimate of drug-likeness (QED) is 0.797. The Hall–Kier alpha value is -1.78. The van der Waals surface area contributed by atoms with Crippen LogP contribution in [0, 0.1) is 0 Å². The van der Waals surface area contributed by atoms with Gasteiger partial charge in [0, 0.05) is 11.5 Å². The van der Waals surface area contributed by atoms with Gasteiger partial charge in [0.2, 0.25) is 10.0 Å². The molecule has 0 aliphatic carbocycles. The molecule has 112 valence electrons. The minimum absolute atomic E-state index is 0.0443. The SMILES string of the molecule is Cn1cnnc1CNS(=O)(=O)c1ccc(Br)c(C(=O)O)c1. The fourth-order valence-corrected chi connectivity index (χ4v) is 2.97. The molecule has 0 saturated heterocycles. The van der Waals surface area contributed by atoms with Gasteiger partial charge in [-0.1, -0.05) is 0 Å². The first kappa shape index (κ1) is 15.6. The number of aryl methyl sites for hydroxylation is 1. The predicted molar refractivity (Wildman–Crippen MR) is 76.1 cm³/mol. The molecule has 2 N–H and O–H groups in total. The second-order valence-corrected chi connectivity index (χ2v) is 6.75. The maximum Gasteiger partial charge on any atom is 0.336 e. The first-order valence-corrected chi connectivity index (χ1v) is 7.94. The van der Waals surface area contributed by atoms with Crippen molar-refractivity contribution >= 4 is 31.9 Å². The number of carboxylic acid groups (broad SMARTS) is 1. The van der Waals surface area contributed by atoms with Crippen molar-refractivity contribution in [1.82, 2.24) is 19.5 Å². The number of sulfonamides is 1. The lowest BCUT2D eigenvalue weighted by Gasteiger charge is -2.08. The summed E-state index contributed by atoms with van der Waals surface area (Å²) >= 11 is 3.06. The van der Waals surface area contributed by atoms with Gasteiger partial charge in [0.25, 0.3) is 0 Å². The highest BCUT2D eigenvalue weighted by atomic mass is 79.9. The molecule has 8 nitrogen and oxygen atoms in total. The fourth-order valence-electron chi connectivity index (χ4n) is 1.55. The van der Waals surface area contributed by atoms with E-state index >= 15 is 0 Å². The number of carbonyl (C=O) groups is 1. The number of rotatable bonds is 5. The van der Waals surface area contributed by atoms with Crippen LogP contribution in [-0.2, 0) is 23.6 Å². The Bertz CT molecular complexity index is 787. The number of aromatic nitrogens is 3. The van der Waals surface area contributed by atoms with Crippen LogP contribution in [0.25, 0.3) is 0 Å². The molecule has 0 amide bonds. The fraction of sp³-hybridized carbons (Fsp3) is 0.182. The molecule has 1 heterocycles. The lowest BCUT2D eigenvalue weighted by atomic mass is 10.2. The van der Waals surface area contributed by atoms with Crippen LogP contribution in [0.2, 0.25) is 0 Å². The van der Waals surface area contributed by atoms with Crippen LogP contribution in [-0.4, -0.2) is 34.3 Å². The molecule has 0 unspecified atom stereocenters. The van der Waals surface area contributed by atoms with E-state index in [1.165, 1.54) is 18.5 Å². The third-order valence-electron chi connectivity index (χ3n) is 2.70. The predicted octanol–water partition coefficient (Wildman–Crippen LogP) is 0.754. The Balaban J connectivity index is 2.26. The van der Waals surface area contributed by atoms with E-state index in [4.69, 9.17) is 5.11 Å². The molecule has 1 aromatic heterocycles. The molecular formula is C11H11BrN4O4S. The first-order valence-electron chi connectivity index (χ1n) is 5.66. The summed E-state index contributed by atoms with van der Waals surface area (Å²) in [5, 5.41) is 16.4. The van der Waals surface area contributed by atoms with Crippen LogP contribution >= 0.6 is 15.9 Å². The summed E-state index contributed by atoms with van der Waals surface area (Å²) in [6, 6.07) is 3.78. The number of benzene rings is 1. The minimum atomic E-state index is -3.84. The molecule has 0 saturated carbocycles. The van der Waals surface area contributed by atoms with Gasteiger partial charge in [-0.2, -0.15) is 0 Å². The standard InChI is InChI=1S/C11H11BrN4O4S/c1-16-6-13-15-10(16)5-14-21(19,20)7-2-3-9(12)8(4-7)11(17)18/h2-4,6,14H,5H2,1H3,(H,17,18). The zero-order valence-corrected chi connectivity index (χ0v) is 13.2. The number of nitrogens with one attached hydrogen (secondary N) is 1. The Labute approximate surface area is 129 Å². The molecule has 0 spiro atoms. The number of nitrogens with zero attached hydrogens (tertiary/aromatic N) is 3. The number of carboxylic acids is 1. The summed E-state index contributed by atoms with van der Waals surface area (Å²) in [4.78, 5) is 10.9. The van der Waals surface area contributed by atoms with E-state index < -0.39 is 16.0 Å². The van der Waals surface area contributed by atoms with Gasteiger partial charge < -0.3 is 9.67 Å². The van der Waals surface area contributed by atoms with E-state index in [0.717, 1.165) is 6.07 Å². The average molecular weight is 375 g/mol. The van der Waals surface area contributed by atoms with Crippen molar-refractivity contribution in [3.05, 3.63) is 40.4 Å². The van der Waals surface area contributed by atoms with Gasteiger partial charge >= 0.3 is 5.97 Å². The third kappa shape index (κ3) is 3.46. The Kier molecular flexibility index (Phi) is 4.40. The van der Waals surface area contributed by atoms with Crippen LogP contribution in [0.5, 0.6) is 0 Å². The topological polar surface area (TPSA) is 114 Å². The lowest BCUT2D eigenvalue weighted by molar-refractivity contribution is 0.0695. The highest BCUT2D eigenvalue weighted by Crippen LogP contribution is 2.21. The van der Waals surface area contributed by atoms with Crippen molar-refractivity contribution < 1.29 is 18.3 Å². The lowest BCUT2D eigenvalue weighted by Crippen LogP contribution is -2.25. The largest absolute Gasteiger partial charge is 0.478 e. The first-order chi connectivity index (χ1) is 9.81. The van der Waals surface area contributed by atoms with Crippen LogP contribution < -0.4 is 4.72 Å². The van der Waals surface area contributed by atoms with Crippen LogP contribution in [0.3, 0.4) is 0 Å². The van der Waals surface area contributed by atoms with Crippen molar-refractivity contribution in [3.8, 4) is 0 Å². The van der Waals surface area contributed by atoms with Crippen molar-refractivity contribution in [1.29, 1.82) is 0 Å². The summed E-state index contributed by atoms with van der Waals surface area (Å²) in [5.41, 5.74) is -0.128. The van der Waals surface area contributed by atoms with E-state index in [1.54, 1.807) is 11.6 Å². The normalized spacial score (nSPS) is 11.5. The van der Waals surface area contributed by atoms with Gasteiger partial charge in [0.15, 0.2) is 0 Å². The number of halogens is 1. The molecule has 0 bridgehead atoms. The zero-order chi connectivity index (χ0) is 15.6. The van der Waals surface area contributed by atoms with Gasteiger partial charge in [-0.05, 0) is 34.1 Å². The molecule has 2 rings (SSSR count). The molecule has 0 aliphatic heterocycles. The summed E-state index contributed by atoms with van der Waals surface area (Å²) in [5.74, 6) is -0.777. The van der Waals surface area contributed by atoms with Gasteiger partial charge in [-0.25, -0.2) is 17.9 Å². The van der Waals surface area contributed by atoms with E-state index in [-0.39, 0.29) is 17.0 Å². The highest BCUT2D eigenvalue weighted by molar-refractivity contribution is 9.10. The molecule has 21 heavy (non-hydrogen) atoms. The average Bonchev–Trinajstić information content (AvgIpc) is 2.82. The van der Waals surface area contributed by atoms with Crippen LogP contribution in [0.4, 0.5) is 0 Å². The van der Waals surface area contributed by atoms with Crippen molar-refractivity contribution in [2.75, 3.05) is 0 Å². The number of hydrogen-bond acceptors (Lipinski definition) is 5. The van der Waals surface area contributed by atoms with E-state index in [9.17, 15) is 13.2 Å². The summed E-state index contributed by atoms with van der Waals surface area (Å²) in [6.07, 6.45) is 1.45.